The average molecular weight is 389 g/mol. The number of ether oxygens (including phenoxy) is 1. The quantitative estimate of drug-likeness (QED) is 0.734. The van der Waals surface area contributed by atoms with Crippen molar-refractivity contribution in [3.05, 3.63) is 29.3 Å². The molecule has 9 heteroatoms. The normalized spacial score (nSPS) is 24.6. The van der Waals surface area contributed by atoms with Crippen molar-refractivity contribution in [2.24, 2.45) is 4.99 Å². The highest BCUT2D eigenvalue weighted by molar-refractivity contribution is 8.14. The van der Waals surface area contributed by atoms with Gasteiger partial charge >= 0.3 is 5.97 Å². The van der Waals surface area contributed by atoms with E-state index in [0.29, 0.717) is 16.8 Å². The molecule has 2 heterocycles. The Kier molecular flexibility index (Phi) is 5.08. The lowest BCUT2D eigenvalue weighted by Gasteiger charge is -2.26. The topological polar surface area (TPSA) is 76.0 Å². The van der Waals surface area contributed by atoms with E-state index in [4.69, 9.17) is 16.3 Å². The van der Waals surface area contributed by atoms with E-state index in [-0.39, 0.29) is 35.3 Å². The van der Waals surface area contributed by atoms with E-state index in [9.17, 15) is 13.2 Å². The molecule has 0 bridgehead atoms. The minimum Gasteiger partial charge on any atom is -0.465 e. The van der Waals surface area contributed by atoms with Crippen LogP contribution in [-0.2, 0) is 19.4 Å². The van der Waals surface area contributed by atoms with E-state index in [1.807, 2.05) is 17.0 Å². The van der Waals surface area contributed by atoms with Crippen molar-refractivity contribution < 1.29 is 17.9 Å². The number of halogens is 1. The van der Waals surface area contributed by atoms with Gasteiger partial charge in [-0.1, -0.05) is 29.4 Å². The Balaban J connectivity index is 1.86. The number of benzene rings is 1. The van der Waals surface area contributed by atoms with Crippen LogP contribution >= 0.6 is 23.4 Å². The number of esters is 1. The predicted octanol–water partition coefficient (Wildman–Crippen LogP) is 1.98. The Morgan fingerprint density at radius 1 is 1.46 bits per heavy atom. The monoisotopic (exact) mass is 388 g/mol. The molecule has 1 saturated heterocycles. The molecule has 1 fully saturated rings. The third kappa shape index (κ3) is 3.70. The summed E-state index contributed by atoms with van der Waals surface area (Å²) in [6.07, 6.45) is 0. The Morgan fingerprint density at radius 3 is 2.96 bits per heavy atom. The van der Waals surface area contributed by atoms with Gasteiger partial charge < -0.3 is 9.64 Å². The zero-order valence-corrected chi connectivity index (χ0v) is 15.4. The summed E-state index contributed by atoms with van der Waals surface area (Å²) < 4.78 is 28.8. The smallest absolute Gasteiger partial charge is 0.316 e. The van der Waals surface area contributed by atoms with Crippen LogP contribution in [0.2, 0.25) is 5.02 Å². The van der Waals surface area contributed by atoms with Crippen LogP contribution in [0.1, 0.15) is 6.92 Å². The van der Waals surface area contributed by atoms with Crippen molar-refractivity contribution in [2.45, 2.75) is 19.0 Å². The van der Waals surface area contributed by atoms with Gasteiger partial charge in [0, 0.05) is 10.7 Å². The highest BCUT2D eigenvalue weighted by atomic mass is 35.5. The SMILES string of the molecule is CCOC(=O)CSC1=N[C@H]2CS(=O)(=O)C[C@@H]2N1c1cccc(Cl)c1. The summed E-state index contributed by atoms with van der Waals surface area (Å²) in [5, 5.41) is 1.20. The van der Waals surface area contributed by atoms with Crippen LogP contribution in [0.3, 0.4) is 0 Å². The number of aliphatic imine (C=N–C) groups is 1. The fraction of sp³-hybridized carbons (Fsp3) is 0.467. The lowest BCUT2D eigenvalue weighted by molar-refractivity contribution is -0.139. The van der Waals surface area contributed by atoms with E-state index < -0.39 is 9.84 Å². The van der Waals surface area contributed by atoms with Gasteiger partial charge in [-0.2, -0.15) is 0 Å². The van der Waals surface area contributed by atoms with E-state index in [2.05, 4.69) is 4.99 Å². The molecule has 1 aromatic carbocycles. The molecule has 0 unspecified atom stereocenters. The lowest BCUT2D eigenvalue weighted by Crippen LogP contribution is -2.39. The summed E-state index contributed by atoms with van der Waals surface area (Å²) in [5.74, 6) is -0.0911. The molecule has 0 spiro atoms. The molecule has 0 aliphatic carbocycles. The van der Waals surface area contributed by atoms with Crippen molar-refractivity contribution in [3.8, 4) is 0 Å². The first-order valence-electron chi connectivity index (χ1n) is 7.51. The van der Waals surface area contributed by atoms with Crippen molar-refractivity contribution in [3.63, 3.8) is 0 Å². The number of nitrogens with zero attached hydrogens (tertiary/aromatic N) is 2. The zero-order chi connectivity index (χ0) is 17.3. The average Bonchev–Trinajstić information content (AvgIpc) is 2.96. The molecule has 0 N–H and O–H groups in total. The minimum absolute atomic E-state index is 0.0399. The molecule has 2 aliphatic rings. The van der Waals surface area contributed by atoms with Gasteiger partial charge in [0.15, 0.2) is 15.0 Å². The number of hydrogen-bond donors (Lipinski definition) is 0. The number of carbonyl (C=O) groups excluding carboxylic acids is 1. The van der Waals surface area contributed by atoms with Crippen molar-refractivity contribution in [2.75, 3.05) is 28.8 Å². The molecule has 0 saturated carbocycles. The summed E-state index contributed by atoms with van der Waals surface area (Å²) in [5.41, 5.74) is 0.780. The first-order valence-corrected chi connectivity index (χ1v) is 10.7. The van der Waals surface area contributed by atoms with E-state index in [1.54, 1.807) is 19.1 Å². The maximum Gasteiger partial charge on any atom is 0.316 e. The fourth-order valence-electron chi connectivity index (χ4n) is 2.89. The third-order valence-corrected chi connectivity index (χ3v) is 6.69. The standard InChI is InChI=1S/C15H17ClN2O4S2/c1-2-22-14(19)7-23-15-17-12-8-24(20,21)9-13(12)18(15)11-5-3-4-10(16)6-11/h3-6,12-13H,2,7-9H2,1H3/t12-,13-/m0/s1. The number of sulfone groups is 1. The Hall–Kier alpha value is -1.25. The Morgan fingerprint density at radius 2 is 2.25 bits per heavy atom. The highest BCUT2D eigenvalue weighted by Gasteiger charge is 2.47. The second kappa shape index (κ2) is 6.93. The third-order valence-electron chi connectivity index (χ3n) is 3.82. The van der Waals surface area contributed by atoms with Gasteiger partial charge in [0.1, 0.15) is 0 Å². The number of fused-ring (bicyclic) bond motifs is 1. The first-order chi connectivity index (χ1) is 11.4. The molecule has 0 aromatic heterocycles. The minimum atomic E-state index is -3.10. The summed E-state index contributed by atoms with van der Waals surface area (Å²) >= 11 is 7.33. The van der Waals surface area contributed by atoms with Crippen molar-refractivity contribution >= 4 is 50.0 Å². The van der Waals surface area contributed by atoms with Gasteiger partial charge in [-0.25, -0.2) is 8.42 Å². The second-order valence-electron chi connectivity index (χ2n) is 5.57. The summed E-state index contributed by atoms with van der Waals surface area (Å²) in [7, 11) is -3.10. The number of hydrogen-bond acceptors (Lipinski definition) is 7. The van der Waals surface area contributed by atoms with Gasteiger partial charge in [-0.05, 0) is 25.1 Å². The molecule has 130 valence electrons. The lowest BCUT2D eigenvalue weighted by atomic mass is 10.1. The van der Waals surface area contributed by atoms with E-state index >= 15 is 0 Å². The maximum absolute atomic E-state index is 11.9. The largest absolute Gasteiger partial charge is 0.465 e. The predicted molar refractivity (Wildman–Crippen MR) is 96.7 cm³/mol. The number of rotatable bonds is 4. The molecule has 0 amide bonds. The Bertz CT molecular complexity index is 781. The van der Waals surface area contributed by atoms with Gasteiger partial charge in [0.2, 0.25) is 0 Å². The molecule has 2 atom stereocenters. The number of carbonyl (C=O) groups is 1. The second-order valence-corrected chi connectivity index (χ2v) is 9.10. The van der Waals surface area contributed by atoms with Crippen LogP contribution < -0.4 is 4.90 Å². The van der Waals surface area contributed by atoms with E-state index in [1.165, 1.54) is 11.8 Å². The van der Waals surface area contributed by atoms with Crippen LogP contribution in [0.5, 0.6) is 0 Å². The summed E-state index contributed by atoms with van der Waals surface area (Å²) in [4.78, 5) is 18.0. The number of anilines is 1. The van der Waals surface area contributed by atoms with Gasteiger partial charge in [-0.15, -0.1) is 0 Å². The van der Waals surface area contributed by atoms with Gasteiger partial charge in [0.25, 0.3) is 0 Å². The van der Waals surface area contributed by atoms with Crippen LogP contribution in [0.15, 0.2) is 29.3 Å². The molecule has 6 nitrogen and oxygen atoms in total. The van der Waals surface area contributed by atoms with Crippen molar-refractivity contribution in [1.29, 1.82) is 0 Å². The summed E-state index contributed by atoms with van der Waals surface area (Å²) in [6.45, 7) is 2.08. The first kappa shape index (κ1) is 17.6. The number of thioether (sulfide) groups is 1. The number of amidine groups is 1. The highest BCUT2D eigenvalue weighted by Crippen LogP contribution is 2.35. The fourth-order valence-corrected chi connectivity index (χ4v) is 5.84. The Labute approximate surface area is 150 Å². The molecule has 2 aliphatic heterocycles. The van der Waals surface area contributed by atoms with Crippen molar-refractivity contribution in [1.82, 2.24) is 0 Å². The summed E-state index contributed by atoms with van der Waals surface area (Å²) in [6, 6.07) is 6.64. The molecule has 3 rings (SSSR count). The van der Waals surface area contributed by atoms with Crippen LogP contribution in [0, 0.1) is 0 Å². The van der Waals surface area contributed by atoms with Gasteiger partial charge in [-0.3, -0.25) is 9.79 Å². The van der Waals surface area contributed by atoms with Crippen LogP contribution in [0.25, 0.3) is 0 Å². The maximum atomic E-state index is 11.9. The van der Waals surface area contributed by atoms with Gasteiger partial charge in [0.05, 0.1) is 35.9 Å². The van der Waals surface area contributed by atoms with E-state index in [0.717, 1.165) is 5.69 Å². The molecule has 24 heavy (non-hydrogen) atoms. The van der Waals surface area contributed by atoms with Crippen LogP contribution in [-0.4, -0.2) is 55.5 Å². The molecule has 1 aromatic rings. The van der Waals surface area contributed by atoms with Crippen LogP contribution in [0.4, 0.5) is 5.69 Å². The zero-order valence-electron chi connectivity index (χ0n) is 13.0. The molecular weight excluding hydrogens is 372 g/mol. The molecular formula is C15H17ClN2O4S2. The molecule has 0 radical (unpaired) electrons.